The minimum absolute atomic E-state index is 0.00985. The first-order valence-electron chi connectivity index (χ1n) is 12.8. The number of rotatable bonds is 3. The van der Waals surface area contributed by atoms with Gasteiger partial charge in [0.1, 0.15) is 10.9 Å². The highest BCUT2D eigenvalue weighted by molar-refractivity contribution is 7.11. The zero-order valence-electron chi connectivity index (χ0n) is 21.0. The quantitative estimate of drug-likeness (QED) is 0.619. The van der Waals surface area contributed by atoms with E-state index in [0.29, 0.717) is 56.9 Å². The highest BCUT2D eigenvalue weighted by atomic mass is 32.1. The number of amides is 3. The molecule has 0 aliphatic carbocycles. The molecule has 8 nitrogen and oxygen atoms in total. The number of aryl methyl sites for hydroxylation is 1. The van der Waals surface area contributed by atoms with Crippen LogP contribution in [-0.4, -0.2) is 66.0 Å². The SMILES string of the molecule is Cc1ncsc1C(=O)N1CCC2(C/C=C/C[C@H]3COCC[C@H]3NC(=O)[C@@H](CC(C)C)NC2=O)CC1. The number of hydrogen-bond acceptors (Lipinski definition) is 6. The lowest BCUT2D eigenvalue weighted by molar-refractivity contribution is -0.138. The van der Waals surface area contributed by atoms with Crippen LogP contribution >= 0.6 is 11.3 Å². The van der Waals surface area contributed by atoms with E-state index in [9.17, 15) is 14.4 Å². The summed E-state index contributed by atoms with van der Waals surface area (Å²) in [6.45, 7) is 8.28. The summed E-state index contributed by atoms with van der Waals surface area (Å²) in [6.07, 6.45) is 8.19. The normalized spacial score (nSPS) is 28.5. The summed E-state index contributed by atoms with van der Waals surface area (Å²) in [4.78, 5) is 46.7. The second-order valence-electron chi connectivity index (χ2n) is 10.6. The molecule has 4 heterocycles. The van der Waals surface area contributed by atoms with Crippen LogP contribution < -0.4 is 10.6 Å². The second-order valence-corrected chi connectivity index (χ2v) is 11.5. The van der Waals surface area contributed by atoms with Gasteiger partial charge < -0.3 is 20.3 Å². The maximum atomic E-state index is 13.7. The molecule has 1 aromatic heterocycles. The summed E-state index contributed by atoms with van der Waals surface area (Å²) in [5.74, 6) is 0.314. The fourth-order valence-corrected chi connectivity index (χ4v) is 6.18. The van der Waals surface area contributed by atoms with Gasteiger partial charge in [-0.3, -0.25) is 14.4 Å². The molecule has 192 valence electrons. The molecule has 4 rings (SSSR count). The topological polar surface area (TPSA) is 101 Å². The van der Waals surface area contributed by atoms with E-state index in [1.165, 1.54) is 11.3 Å². The summed E-state index contributed by atoms with van der Waals surface area (Å²) < 4.78 is 5.69. The van der Waals surface area contributed by atoms with Crippen molar-refractivity contribution >= 4 is 29.1 Å². The lowest BCUT2D eigenvalue weighted by atomic mass is 9.74. The van der Waals surface area contributed by atoms with Gasteiger partial charge in [-0.1, -0.05) is 26.0 Å². The van der Waals surface area contributed by atoms with Crippen molar-refractivity contribution < 1.29 is 19.1 Å². The smallest absolute Gasteiger partial charge is 0.265 e. The largest absolute Gasteiger partial charge is 0.381 e. The number of likely N-dealkylation sites (tertiary alicyclic amines) is 1. The maximum absolute atomic E-state index is 13.7. The first-order chi connectivity index (χ1) is 16.8. The van der Waals surface area contributed by atoms with E-state index >= 15 is 0 Å². The van der Waals surface area contributed by atoms with Gasteiger partial charge in [-0.15, -0.1) is 11.3 Å². The summed E-state index contributed by atoms with van der Waals surface area (Å²) >= 11 is 1.36. The third kappa shape index (κ3) is 5.94. The first kappa shape index (κ1) is 25.8. The molecule has 0 saturated carbocycles. The Balaban J connectivity index is 1.54. The van der Waals surface area contributed by atoms with Crippen molar-refractivity contribution in [1.29, 1.82) is 0 Å². The summed E-state index contributed by atoms with van der Waals surface area (Å²) in [5, 5.41) is 6.35. The molecule has 3 amide bonds. The minimum Gasteiger partial charge on any atom is -0.381 e. The van der Waals surface area contributed by atoms with Crippen molar-refractivity contribution in [3.63, 3.8) is 0 Å². The first-order valence-corrected chi connectivity index (χ1v) is 13.7. The van der Waals surface area contributed by atoms with Crippen molar-refractivity contribution in [3.8, 4) is 0 Å². The monoisotopic (exact) mass is 502 g/mol. The molecule has 0 radical (unpaired) electrons. The van der Waals surface area contributed by atoms with Crippen LogP contribution in [0.3, 0.4) is 0 Å². The molecule has 9 heteroatoms. The van der Waals surface area contributed by atoms with E-state index in [0.717, 1.165) is 18.5 Å². The van der Waals surface area contributed by atoms with Gasteiger partial charge in [-0.05, 0) is 51.4 Å². The number of nitrogens with one attached hydrogen (secondary N) is 2. The number of carbonyl (C=O) groups is 3. The Labute approximate surface area is 211 Å². The molecule has 35 heavy (non-hydrogen) atoms. The van der Waals surface area contributed by atoms with Crippen molar-refractivity contribution in [2.45, 2.75) is 71.4 Å². The number of piperidine rings is 1. The molecule has 0 unspecified atom stereocenters. The van der Waals surface area contributed by atoms with Crippen LogP contribution in [0.1, 0.15) is 67.7 Å². The Morgan fingerprint density at radius 1 is 1.26 bits per heavy atom. The molecule has 0 aromatic carbocycles. The van der Waals surface area contributed by atoms with Crippen molar-refractivity contribution in [2.75, 3.05) is 26.3 Å². The Hall–Kier alpha value is -2.26. The summed E-state index contributed by atoms with van der Waals surface area (Å²) in [5.41, 5.74) is 1.81. The Bertz CT molecular complexity index is 951. The van der Waals surface area contributed by atoms with E-state index in [1.807, 2.05) is 11.8 Å². The molecule has 1 aromatic rings. The third-order valence-electron chi connectivity index (χ3n) is 7.67. The van der Waals surface area contributed by atoms with Crippen molar-refractivity contribution in [1.82, 2.24) is 20.5 Å². The molecule has 2 saturated heterocycles. The Morgan fingerprint density at radius 2 is 2.03 bits per heavy atom. The number of hydrogen-bond donors (Lipinski definition) is 2. The molecule has 1 spiro atoms. The number of carbonyl (C=O) groups excluding carboxylic acids is 3. The number of thiazole rings is 1. The Morgan fingerprint density at radius 3 is 2.71 bits per heavy atom. The number of ether oxygens (including phenoxy) is 1. The molecule has 3 aliphatic rings. The van der Waals surface area contributed by atoms with Crippen LogP contribution in [0.2, 0.25) is 0 Å². The van der Waals surface area contributed by atoms with E-state index in [4.69, 9.17) is 4.74 Å². The van der Waals surface area contributed by atoms with E-state index in [2.05, 4.69) is 41.6 Å². The van der Waals surface area contributed by atoms with Crippen LogP contribution in [0.15, 0.2) is 17.7 Å². The predicted molar refractivity (Wildman–Crippen MR) is 135 cm³/mol. The second kappa shape index (κ2) is 11.2. The minimum atomic E-state index is -0.632. The number of aromatic nitrogens is 1. The van der Waals surface area contributed by atoms with Crippen molar-refractivity contribution in [2.24, 2.45) is 17.3 Å². The van der Waals surface area contributed by atoms with Crippen LogP contribution in [0.25, 0.3) is 0 Å². The number of nitrogens with zero attached hydrogens (tertiary/aromatic N) is 2. The van der Waals surface area contributed by atoms with E-state index < -0.39 is 11.5 Å². The highest BCUT2D eigenvalue weighted by Crippen LogP contribution is 2.37. The van der Waals surface area contributed by atoms with Gasteiger partial charge in [0.15, 0.2) is 0 Å². The molecule has 3 atom stereocenters. The molecule has 0 bridgehead atoms. The zero-order chi connectivity index (χ0) is 25.0. The fourth-order valence-electron chi connectivity index (χ4n) is 5.41. The van der Waals surface area contributed by atoms with Crippen molar-refractivity contribution in [3.05, 3.63) is 28.2 Å². The van der Waals surface area contributed by atoms with Crippen LogP contribution in [0, 0.1) is 24.2 Å². The van der Waals surface area contributed by atoms with Gasteiger partial charge in [-0.25, -0.2) is 4.98 Å². The third-order valence-corrected chi connectivity index (χ3v) is 8.59. The van der Waals surface area contributed by atoms with E-state index in [-0.39, 0.29) is 35.6 Å². The van der Waals surface area contributed by atoms with Crippen LogP contribution in [0.4, 0.5) is 0 Å². The molecule has 2 fully saturated rings. The van der Waals surface area contributed by atoms with E-state index in [1.54, 1.807) is 5.51 Å². The standard InChI is InChI=1S/C26H38N4O4S/c1-17(2)14-21-23(31)28-20-7-13-34-15-19(20)6-4-5-8-26(25(33)29-21)9-11-30(12-10-26)24(32)22-18(3)27-16-35-22/h4-5,16-17,19-21H,6-15H2,1-3H3,(H,28,31)(H,29,33)/b5-4+/t19-,20+,21+/m0/s1. The molecular formula is C26H38N4O4S. The molecular weight excluding hydrogens is 464 g/mol. The van der Waals surface area contributed by atoms with Gasteiger partial charge in [0.25, 0.3) is 5.91 Å². The van der Waals surface area contributed by atoms with Gasteiger partial charge in [-0.2, -0.15) is 0 Å². The lowest BCUT2D eigenvalue weighted by Crippen LogP contribution is -2.57. The zero-order valence-corrected chi connectivity index (χ0v) is 21.9. The average molecular weight is 503 g/mol. The summed E-state index contributed by atoms with van der Waals surface area (Å²) in [7, 11) is 0. The maximum Gasteiger partial charge on any atom is 0.265 e. The molecule has 2 N–H and O–H groups in total. The van der Waals surface area contributed by atoms with Gasteiger partial charge in [0, 0.05) is 31.7 Å². The predicted octanol–water partition coefficient (Wildman–Crippen LogP) is 3.08. The summed E-state index contributed by atoms with van der Waals surface area (Å²) in [6, 6.07) is -0.504. The number of fused-ring (bicyclic) bond motifs is 1. The average Bonchev–Trinajstić information content (AvgIpc) is 3.27. The highest BCUT2D eigenvalue weighted by Gasteiger charge is 2.43. The van der Waals surface area contributed by atoms with Crippen LogP contribution in [-0.2, 0) is 14.3 Å². The fraction of sp³-hybridized carbons (Fsp3) is 0.692. The van der Waals surface area contributed by atoms with Gasteiger partial charge >= 0.3 is 0 Å². The van der Waals surface area contributed by atoms with Gasteiger partial charge in [0.2, 0.25) is 11.8 Å². The molecule has 3 aliphatic heterocycles. The van der Waals surface area contributed by atoms with Crippen LogP contribution in [0.5, 0.6) is 0 Å². The lowest BCUT2D eigenvalue weighted by Gasteiger charge is -2.41. The van der Waals surface area contributed by atoms with Gasteiger partial charge in [0.05, 0.1) is 23.2 Å². The Kier molecular flexibility index (Phi) is 8.27. The number of allylic oxidation sites excluding steroid dienone is 2.